The van der Waals surface area contributed by atoms with Gasteiger partial charge in [0.05, 0.1) is 0 Å². The van der Waals surface area contributed by atoms with Crippen molar-refractivity contribution in [1.82, 2.24) is 10.2 Å². The highest BCUT2D eigenvalue weighted by Gasteiger charge is 2.20. The largest absolute Gasteiger partial charge is 0.508 e. The van der Waals surface area contributed by atoms with Crippen molar-refractivity contribution in [1.29, 1.82) is 0 Å². The zero-order valence-corrected chi connectivity index (χ0v) is 16.2. The molecular formula is C22H29N3O3. The molecule has 6 heteroatoms. The molecule has 0 saturated carbocycles. The topological polar surface area (TPSA) is 68.2 Å². The van der Waals surface area contributed by atoms with Crippen LogP contribution in [0.15, 0.2) is 42.5 Å². The minimum atomic E-state index is 0.167. The number of hydrogen-bond donors (Lipinski definition) is 3. The average molecular weight is 383 g/mol. The second kappa shape index (κ2) is 8.71. The maximum absolute atomic E-state index is 9.62. The van der Waals surface area contributed by atoms with Crippen LogP contribution in [0.2, 0.25) is 0 Å². The van der Waals surface area contributed by atoms with E-state index in [1.165, 1.54) is 11.3 Å². The number of nitrogens with one attached hydrogen (secondary N) is 1. The van der Waals surface area contributed by atoms with E-state index < -0.39 is 0 Å². The van der Waals surface area contributed by atoms with Gasteiger partial charge in [-0.1, -0.05) is 6.07 Å². The van der Waals surface area contributed by atoms with Gasteiger partial charge in [0.1, 0.15) is 23.4 Å². The molecule has 3 N–H and O–H groups in total. The number of ether oxygens (including phenoxy) is 1. The molecule has 150 valence electrons. The van der Waals surface area contributed by atoms with Crippen LogP contribution >= 0.6 is 0 Å². The number of aromatic hydroxyl groups is 2. The Morgan fingerprint density at radius 2 is 1.71 bits per heavy atom. The average Bonchev–Trinajstić information content (AvgIpc) is 2.72. The van der Waals surface area contributed by atoms with E-state index in [0.717, 1.165) is 64.4 Å². The highest BCUT2D eigenvalue weighted by atomic mass is 16.5. The van der Waals surface area contributed by atoms with Crippen LogP contribution in [-0.2, 0) is 6.42 Å². The van der Waals surface area contributed by atoms with Crippen LogP contribution in [-0.4, -0.2) is 67.0 Å². The van der Waals surface area contributed by atoms with Gasteiger partial charge in [0.2, 0.25) is 0 Å². The highest BCUT2D eigenvalue weighted by molar-refractivity contribution is 5.49. The molecule has 1 fully saturated rings. The van der Waals surface area contributed by atoms with E-state index in [9.17, 15) is 10.2 Å². The Hall–Kier alpha value is -2.44. The summed E-state index contributed by atoms with van der Waals surface area (Å²) in [6, 6.07) is 12.9. The summed E-state index contributed by atoms with van der Waals surface area (Å²) < 4.78 is 6.02. The first-order chi connectivity index (χ1) is 13.7. The van der Waals surface area contributed by atoms with Gasteiger partial charge < -0.3 is 25.2 Å². The van der Waals surface area contributed by atoms with Crippen LogP contribution in [0.25, 0.3) is 0 Å². The summed E-state index contributed by atoms with van der Waals surface area (Å²) in [7, 11) is 0. The number of phenolic OH excluding ortho intramolecular Hbond substituents is 2. The van der Waals surface area contributed by atoms with Crippen molar-refractivity contribution in [2.45, 2.75) is 18.9 Å². The molecule has 4 rings (SSSR count). The van der Waals surface area contributed by atoms with Crippen molar-refractivity contribution in [3.63, 3.8) is 0 Å². The lowest BCUT2D eigenvalue weighted by atomic mass is 10.0. The van der Waals surface area contributed by atoms with Crippen LogP contribution in [0.4, 0.5) is 5.69 Å². The molecule has 2 aliphatic heterocycles. The van der Waals surface area contributed by atoms with Crippen molar-refractivity contribution < 1.29 is 14.9 Å². The molecule has 2 heterocycles. The molecule has 28 heavy (non-hydrogen) atoms. The fourth-order valence-corrected chi connectivity index (χ4v) is 3.95. The predicted molar refractivity (Wildman–Crippen MR) is 110 cm³/mol. The van der Waals surface area contributed by atoms with Crippen molar-refractivity contribution in [2.24, 2.45) is 0 Å². The molecule has 0 aliphatic carbocycles. The first kappa shape index (κ1) is 18.9. The predicted octanol–water partition coefficient (Wildman–Crippen LogP) is 2.20. The van der Waals surface area contributed by atoms with Crippen molar-refractivity contribution in [2.75, 3.05) is 50.7 Å². The van der Waals surface area contributed by atoms with Crippen molar-refractivity contribution in [3.8, 4) is 17.2 Å². The zero-order chi connectivity index (χ0) is 19.3. The number of fused-ring (bicyclic) bond motifs is 1. The van der Waals surface area contributed by atoms with Crippen molar-refractivity contribution in [3.05, 3.63) is 48.0 Å². The second-order valence-corrected chi connectivity index (χ2v) is 7.62. The number of aryl methyl sites for hydroxylation is 1. The first-order valence-electron chi connectivity index (χ1n) is 10.1. The highest BCUT2D eigenvalue weighted by Crippen LogP contribution is 2.30. The monoisotopic (exact) mass is 383 g/mol. The number of hydrogen-bond acceptors (Lipinski definition) is 6. The molecule has 0 amide bonds. The smallest absolute Gasteiger partial charge is 0.126 e. The van der Waals surface area contributed by atoms with E-state index in [0.29, 0.717) is 5.75 Å². The van der Waals surface area contributed by atoms with Gasteiger partial charge in [0, 0.05) is 57.6 Å². The van der Waals surface area contributed by atoms with Gasteiger partial charge in [-0.05, 0) is 48.7 Å². The quantitative estimate of drug-likeness (QED) is 0.665. The summed E-state index contributed by atoms with van der Waals surface area (Å²) in [4.78, 5) is 4.85. The van der Waals surface area contributed by atoms with E-state index in [-0.39, 0.29) is 11.9 Å². The van der Waals surface area contributed by atoms with E-state index in [4.69, 9.17) is 4.74 Å². The molecule has 1 saturated heterocycles. The molecule has 0 spiro atoms. The SMILES string of the molecule is Oc1ccc(N2CCN(CCNCC3CCc4ccc(O)cc4O3)CC2)cc1. The lowest BCUT2D eigenvalue weighted by Gasteiger charge is -2.36. The molecule has 2 aromatic rings. The summed E-state index contributed by atoms with van der Waals surface area (Å²) in [6.07, 6.45) is 2.18. The maximum atomic E-state index is 9.62. The Kier molecular flexibility index (Phi) is 5.88. The number of nitrogens with zero attached hydrogens (tertiary/aromatic N) is 2. The lowest BCUT2D eigenvalue weighted by molar-refractivity contribution is 0.167. The molecular weight excluding hydrogens is 354 g/mol. The molecule has 0 aromatic heterocycles. The van der Waals surface area contributed by atoms with Crippen LogP contribution in [0.5, 0.6) is 17.2 Å². The Morgan fingerprint density at radius 1 is 0.964 bits per heavy atom. The van der Waals surface area contributed by atoms with Crippen LogP contribution in [0.3, 0.4) is 0 Å². The van der Waals surface area contributed by atoms with Gasteiger partial charge in [0.25, 0.3) is 0 Å². The third-order valence-corrected chi connectivity index (χ3v) is 5.64. The maximum Gasteiger partial charge on any atom is 0.126 e. The molecule has 1 atom stereocenters. The molecule has 2 aromatic carbocycles. The molecule has 0 radical (unpaired) electrons. The van der Waals surface area contributed by atoms with Gasteiger partial charge >= 0.3 is 0 Å². The fraction of sp³-hybridized carbons (Fsp3) is 0.455. The van der Waals surface area contributed by atoms with E-state index in [1.807, 2.05) is 18.2 Å². The van der Waals surface area contributed by atoms with E-state index >= 15 is 0 Å². The minimum absolute atomic E-state index is 0.167. The molecule has 6 nitrogen and oxygen atoms in total. The van der Waals surface area contributed by atoms with Crippen LogP contribution < -0.4 is 15.0 Å². The number of anilines is 1. The van der Waals surface area contributed by atoms with Gasteiger partial charge in [-0.3, -0.25) is 4.90 Å². The Labute approximate surface area is 166 Å². The molecule has 2 aliphatic rings. The lowest BCUT2D eigenvalue weighted by Crippen LogP contribution is -2.48. The number of phenols is 2. The number of piperazine rings is 1. The summed E-state index contributed by atoms with van der Waals surface area (Å²) in [5.74, 6) is 1.40. The summed E-state index contributed by atoms with van der Waals surface area (Å²) in [5.41, 5.74) is 2.36. The van der Waals surface area contributed by atoms with Gasteiger partial charge in [-0.2, -0.15) is 0 Å². The Bertz CT molecular complexity index is 773. The minimum Gasteiger partial charge on any atom is -0.508 e. The number of benzene rings is 2. The van der Waals surface area contributed by atoms with Gasteiger partial charge in [0.15, 0.2) is 0 Å². The third-order valence-electron chi connectivity index (χ3n) is 5.64. The van der Waals surface area contributed by atoms with Crippen molar-refractivity contribution >= 4 is 5.69 Å². The summed E-state index contributed by atoms with van der Waals surface area (Å²) in [6.45, 7) is 6.94. The zero-order valence-electron chi connectivity index (χ0n) is 16.2. The first-order valence-corrected chi connectivity index (χ1v) is 10.1. The second-order valence-electron chi connectivity index (χ2n) is 7.62. The summed E-state index contributed by atoms with van der Waals surface area (Å²) in [5, 5.41) is 22.6. The molecule has 0 bridgehead atoms. The van der Waals surface area contributed by atoms with Gasteiger partial charge in [-0.15, -0.1) is 0 Å². The van der Waals surface area contributed by atoms with E-state index in [1.54, 1.807) is 24.3 Å². The fourth-order valence-electron chi connectivity index (χ4n) is 3.95. The van der Waals surface area contributed by atoms with Gasteiger partial charge in [-0.25, -0.2) is 0 Å². The van der Waals surface area contributed by atoms with E-state index in [2.05, 4.69) is 15.1 Å². The Morgan fingerprint density at radius 3 is 2.50 bits per heavy atom. The standard InChI is InChI=1S/C22H29N3O3/c26-19-6-3-18(4-7-19)25-13-11-24(12-14-25)10-9-23-16-21-8-2-17-1-5-20(27)15-22(17)28-21/h1,3-7,15,21,23,26-27H,2,8-14,16H2. The number of rotatable bonds is 6. The Balaban J connectivity index is 1.14. The summed E-state index contributed by atoms with van der Waals surface area (Å²) >= 11 is 0. The van der Waals surface area contributed by atoms with Crippen LogP contribution in [0.1, 0.15) is 12.0 Å². The molecule has 1 unspecified atom stereocenters. The normalized spacial score (nSPS) is 19.9. The van der Waals surface area contributed by atoms with Crippen LogP contribution in [0, 0.1) is 0 Å². The third kappa shape index (κ3) is 4.69.